The Kier molecular flexibility index (Phi) is 4.79. The lowest BCUT2D eigenvalue weighted by molar-refractivity contribution is -0.121. The van der Waals surface area contributed by atoms with Gasteiger partial charge in [-0.15, -0.1) is 11.3 Å². The predicted octanol–water partition coefficient (Wildman–Crippen LogP) is 3.54. The molecule has 3 nitrogen and oxygen atoms in total. The van der Waals surface area contributed by atoms with E-state index in [-0.39, 0.29) is 5.91 Å². The van der Waals surface area contributed by atoms with E-state index in [1.54, 1.807) is 0 Å². The van der Waals surface area contributed by atoms with E-state index in [0.717, 1.165) is 13.0 Å². The van der Waals surface area contributed by atoms with Crippen molar-refractivity contribution >= 4 is 33.2 Å². The Balaban J connectivity index is 1.41. The summed E-state index contributed by atoms with van der Waals surface area (Å²) in [6.07, 6.45) is 7.60. The van der Waals surface area contributed by atoms with Gasteiger partial charge in [0, 0.05) is 23.4 Å². The van der Waals surface area contributed by atoms with Gasteiger partial charge in [0.2, 0.25) is 5.91 Å². The normalized spacial score (nSPS) is 21.6. The van der Waals surface area contributed by atoms with Crippen molar-refractivity contribution in [1.29, 1.82) is 0 Å². The Morgan fingerprint density at radius 2 is 2.25 bits per heavy atom. The molecule has 1 heterocycles. The van der Waals surface area contributed by atoms with E-state index < -0.39 is 0 Å². The quantitative estimate of drug-likeness (QED) is 0.765. The van der Waals surface area contributed by atoms with Crippen molar-refractivity contribution in [3.8, 4) is 0 Å². The van der Waals surface area contributed by atoms with Gasteiger partial charge in [0.1, 0.15) is 0 Å². The predicted molar refractivity (Wildman–Crippen MR) is 86.1 cm³/mol. The molecule has 1 amide bonds. The Labute approximate surface area is 132 Å². The standard InChI is InChI=1S/C15H21BrN2OS/c16-14-9-11-12(3-1-4-13(11)20-14)17-8-2-5-15(19)18-10-6-7-10/h9-10,12,17H,1-8H2,(H,18,19). The summed E-state index contributed by atoms with van der Waals surface area (Å²) in [5.41, 5.74) is 1.47. The van der Waals surface area contributed by atoms with Crippen molar-refractivity contribution in [3.05, 3.63) is 20.3 Å². The number of nitrogens with one attached hydrogen (secondary N) is 2. The van der Waals surface area contributed by atoms with Crippen LogP contribution in [0.3, 0.4) is 0 Å². The molecule has 2 aliphatic carbocycles. The van der Waals surface area contributed by atoms with E-state index >= 15 is 0 Å². The fourth-order valence-corrected chi connectivity index (χ4v) is 4.61. The lowest BCUT2D eigenvalue weighted by Gasteiger charge is -2.23. The number of halogens is 1. The lowest BCUT2D eigenvalue weighted by atomic mass is 9.94. The van der Waals surface area contributed by atoms with E-state index in [1.165, 1.54) is 46.3 Å². The molecule has 2 aliphatic rings. The molecule has 0 aliphatic heterocycles. The molecule has 1 unspecified atom stereocenters. The Morgan fingerprint density at radius 1 is 1.40 bits per heavy atom. The van der Waals surface area contributed by atoms with E-state index in [1.807, 2.05) is 11.3 Å². The molecule has 20 heavy (non-hydrogen) atoms. The van der Waals surface area contributed by atoms with Crippen LogP contribution in [0.15, 0.2) is 9.85 Å². The van der Waals surface area contributed by atoms with Gasteiger partial charge in [-0.1, -0.05) is 0 Å². The molecule has 1 aromatic heterocycles. The van der Waals surface area contributed by atoms with Gasteiger partial charge < -0.3 is 10.6 Å². The number of aryl methyl sites for hydroxylation is 1. The summed E-state index contributed by atoms with van der Waals surface area (Å²) in [4.78, 5) is 13.1. The molecule has 1 atom stereocenters. The Hall–Kier alpha value is -0.390. The summed E-state index contributed by atoms with van der Waals surface area (Å²) in [6, 6.07) is 3.23. The first-order valence-corrected chi connectivity index (χ1v) is 9.14. The fraction of sp³-hybridized carbons (Fsp3) is 0.667. The van der Waals surface area contributed by atoms with Gasteiger partial charge in [-0.3, -0.25) is 4.79 Å². The number of hydrogen-bond acceptors (Lipinski definition) is 3. The molecular weight excluding hydrogens is 336 g/mol. The maximum absolute atomic E-state index is 11.6. The molecule has 0 radical (unpaired) electrons. The Morgan fingerprint density at radius 3 is 3.05 bits per heavy atom. The zero-order valence-corrected chi connectivity index (χ0v) is 14.0. The lowest BCUT2D eigenvalue weighted by Crippen LogP contribution is -2.28. The van der Waals surface area contributed by atoms with Gasteiger partial charge in [-0.05, 0) is 72.6 Å². The number of carbonyl (C=O) groups is 1. The third-order valence-electron chi connectivity index (χ3n) is 4.00. The molecule has 0 spiro atoms. The van der Waals surface area contributed by atoms with Crippen molar-refractivity contribution < 1.29 is 4.79 Å². The molecule has 110 valence electrons. The first kappa shape index (κ1) is 14.5. The average molecular weight is 357 g/mol. The minimum atomic E-state index is 0.219. The monoisotopic (exact) mass is 356 g/mol. The third kappa shape index (κ3) is 3.83. The molecule has 1 aromatic rings. The van der Waals surface area contributed by atoms with Crippen LogP contribution in [-0.2, 0) is 11.2 Å². The van der Waals surface area contributed by atoms with Crippen molar-refractivity contribution in [2.75, 3.05) is 6.54 Å². The van der Waals surface area contributed by atoms with Gasteiger partial charge in [0.15, 0.2) is 0 Å². The van der Waals surface area contributed by atoms with E-state index in [0.29, 0.717) is 18.5 Å². The maximum Gasteiger partial charge on any atom is 0.220 e. The maximum atomic E-state index is 11.6. The molecular formula is C15H21BrN2OS. The summed E-state index contributed by atoms with van der Waals surface area (Å²) in [5, 5.41) is 6.66. The zero-order valence-electron chi connectivity index (χ0n) is 11.6. The topological polar surface area (TPSA) is 41.1 Å². The highest BCUT2D eigenvalue weighted by Crippen LogP contribution is 2.37. The van der Waals surface area contributed by atoms with Crippen molar-refractivity contribution in [2.45, 2.75) is 57.0 Å². The number of thiophene rings is 1. The van der Waals surface area contributed by atoms with Crippen LogP contribution in [0.25, 0.3) is 0 Å². The molecule has 3 rings (SSSR count). The Bertz CT molecular complexity index is 484. The first-order chi connectivity index (χ1) is 9.72. The van der Waals surface area contributed by atoms with Crippen LogP contribution >= 0.6 is 27.3 Å². The second kappa shape index (κ2) is 6.58. The second-order valence-corrected chi connectivity index (χ2v) is 8.29. The van der Waals surface area contributed by atoms with Gasteiger partial charge in [-0.2, -0.15) is 0 Å². The van der Waals surface area contributed by atoms with Crippen molar-refractivity contribution in [3.63, 3.8) is 0 Å². The average Bonchev–Trinajstić information content (AvgIpc) is 3.13. The summed E-state index contributed by atoms with van der Waals surface area (Å²) >= 11 is 5.45. The first-order valence-electron chi connectivity index (χ1n) is 7.53. The SMILES string of the molecule is O=C(CCCNC1CCCc2sc(Br)cc21)NC1CC1. The second-order valence-electron chi connectivity index (χ2n) is 5.77. The third-order valence-corrected chi connectivity index (χ3v) is 5.71. The van der Waals surface area contributed by atoms with Crippen LogP contribution in [0.1, 0.15) is 55.0 Å². The summed E-state index contributed by atoms with van der Waals surface area (Å²) in [5.74, 6) is 0.219. The number of rotatable bonds is 6. The van der Waals surface area contributed by atoms with Crippen molar-refractivity contribution in [1.82, 2.24) is 10.6 Å². The number of carbonyl (C=O) groups excluding carboxylic acids is 1. The van der Waals surface area contributed by atoms with Gasteiger partial charge in [0.25, 0.3) is 0 Å². The van der Waals surface area contributed by atoms with Gasteiger partial charge in [0.05, 0.1) is 3.79 Å². The van der Waals surface area contributed by atoms with Gasteiger partial charge >= 0.3 is 0 Å². The molecule has 0 saturated heterocycles. The highest BCUT2D eigenvalue weighted by atomic mass is 79.9. The number of amides is 1. The van der Waals surface area contributed by atoms with Crippen molar-refractivity contribution in [2.24, 2.45) is 0 Å². The summed E-state index contributed by atoms with van der Waals surface area (Å²) in [6.45, 7) is 0.926. The van der Waals surface area contributed by atoms with E-state index in [2.05, 4.69) is 32.6 Å². The largest absolute Gasteiger partial charge is 0.353 e. The number of fused-ring (bicyclic) bond motifs is 1. The minimum Gasteiger partial charge on any atom is -0.353 e. The van der Waals surface area contributed by atoms with Crippen LogP contribution in [-0.4, -0.2) is 18.5 Å². The molecule has 0 bridgehead atoms. The fourth-order valence-electron chi connectivity index (χ4n) is 2.79. The molecule has 0 aromatic carbocycles. The van der Waals surface area contributed by atoms with E-state index in [9.17, 15) is 4.79 Å². The summed E-state index contributed by atoms with van der Waals surface area (Å²) < 4.78 is 1.24. The van der Waals surface area contributed by atoms with E-state index in [4.69, 9.17) is 0 Å². The molecule has 2 N–H and O–H groups in total. The highest BCUT2D eigenvalue weighted by molar-refractivity contribution is 9.11. The molecule has 1 fully saturated rings. The van der Waals surface area contributed by atoms with Crippen LogP contribution < -0.4 is 10.6 Å². The number of hydrogen-bond donors (Lipinski definition) is 2. The highest BCUT2D eigenvalue weighted by Gasteiger charge is 2.23. The zero-order chi connectivity index (χ0) is 13.9. The molecule has 1 saturated carbocycles. The van der Waals surface area contributed by atoms with Gasteiger partial charge in [-0.25, -0.2) is 0 Å². The smallest absolute Gasteiger partial charge is 0.220 e. The van der Waals surface area contributed by atoms with Crippen LogP contribution in [0.2, 0.25) is 0 Å². The van der Waals surface area contributed by atoms with Crippen LogP contribution in [0.4, 0.5) is 0 Å². The summed E-state index contributed by atoms with van der Waals surface area (Å²) in [7, 11) is 0. The minimum absolute atomic E-state index is 0.219. The molecule has 5 heteroatoms. The van der Waals surface area contributed by atoms with Crippen LogP contribution in [0.5, 0.6) is 0 Å². The van der Waals surface area contributed by atoms with Crippen LogP contribution in [0, 0.1) is 0 Å².